The number of benzene rings is 3. The molecule has 0 aliphatic carbocycles. The molecule has 222 valence electrons. The van der Waals surface area contributed by atoms with E-state index in [9.17, 15) is 14.0 Å². The van der Waals surface area contributed by atoms with Crippen molar-refractivity contribution < 1.29 is 18.4 Å². The number of nitrogens with one attached hydrogen (secondary N) is 1. The SMILES string of the molecule is O=C(NCc1nnc(SCC(=O)N2N=C(c3ccc(Br)cc3)CC2c2ccc(F)cc2)n1Cc1ccccc1)c1ccco1. The molecule has 0 fully saturated rings. The van der Waals surface area contributed by atoms with Crippen LogP contribution in [0.3, 0.4) is 0 Å². The highest BCUT2D eigenvalue weighted by Gasteiger charge is 2.33. The number of aromatic nitrogens is 3. The van der Waals surface area contributed by atoms with E-state index in [4.69, 9.17) is 9.52 Å². The molecule has 2 amide bonds. The summed E-state index contributed by atoms with van der Waals surface area (Å²) in [5.41, 5.74) is 3.49. The molecule has 6 rings (SSSR count). The molecular formula is C32H26BrFN6O3S. The van der Waals surface area contributed by atoms with Crippen LogP contribution in [0, 0.1) is 5.82 Å². The smallest absolute Gasteiger partial charge is 0.287 e. The monoisotopic (exact) mass is 672 g/mol. The van der Waals surface area contributed by atoms with Crippen molar-refractivity contribution in [3.8, 4) is 0 Å². The Morgan fingerprint density at radius 3 is 2.48 bits per heavy atom. The fraction of sp³-hybridized carbons (Fsp3) is 0.156. The molecule has 9 nitrogen and oxygen atoms in total. The van der Waals surface area contributed by atoms with E-state index >= 15 is 0 Å². The minimum Gasteiger partial charge on any atom is -0.459 e. The van der Waals surface area contributed by atoms with Crippen molar-refractivity contribution >= 4 is 45.2 Å². The van der Waals surface area contributed by atoms with Gasteiger partial charge in [0.1, 0.15) is 5.82 Å². The topological polar surface area (TPSA) is 106 Å². The number of thioether (sulfide) groups is 1. The first-order chi connectivity index (χ1) is 21.4. The van der Waals surface area contributed by atoms with E-state index in [-0.39, 0.29) is 41.7 Å². The molecule has 0 saturated carbocycles. The molecule has 0 radical (unpaired) electrons. The van der Waals surface area contributed by atoms with Crippen LogP contribution in [0.5, 0.6) is 0 Å². The van der Waals surface area contributed by atoms with Crippen molar-refractivity contribution in [2.24, 2.45) is 5.10 Å². The molecule has 3 heterocycles. The van der Waals surface area contributed by atoms with E-state index in [0.29, 0.717) is 23.9 Å². The van der Waals surface area contributed by atoms with Gasteiger partial charge in [-0.15, -0.1) is 10.2 Å². The van der Waals surface area contributed by atoms with Crippen molar-refractivity contribution in [3.05, 3.63) is 136 Å². The predicted octanol–water partition coefficient (Wildman–Crippen LogP) is 6.22. The lowest BCUT2D eigenvalue weighted by Crippen LogP contribution is -2.28. The minimum absolute atomic E-state index is 0.0422. The summed E-state index contributed by atoms with van der Waals surface area (Å²) in [4.78, 5) is 26.2. The van der Waals surface area contributed by atoms with Crippen LogP contribution in [0.25, 0.3) is 0 Å². The molecule has 44 heavy (non-hydrogen) atoms. The lowest BCUT2D eigenvalue weighted by molar-refractivity contribution is -0.130. The van der Waals surface area contributed by atoms with Crippen LogP contribution in [0.15, 0.2) is 116 Å². The second-order valence-corrected chi connectivity index (χ2v) is 11.8. The Morgan fingerprint density at radius 2 is 1.75 bits per heavy atom. The number of halogens is 2. The van der Waals surface area contributed by atoms with Gasteiger partial charge in [0, 0.05) is 10.9 Å². The van der Waals surface area contributed by atoms with Crippen molar-refractivity contribution in [2.75, 3.05) is 5.75 Å². The van der Waals surface area contributed by atoms with Gasteiger partial charge in [0.05, 0.1) is 36.9 Å². The number of carbonyl (C=O) groups is 2. The van der Waals surface area contributed by atoms with Gasteiger partial charge >= 0.3 is 0 Å². The summed E-state index contributed by atoms with van der Waals surface area (Å²) in [6, 6.07) is 26.6. The molecule has 0 bridgehead atoms. The molecule has 0 spiro atoms. The number of amides is 2. The zero-order chi connectivity index (χ0) is 30.5. The Kier molecular flexibility index (Phi) is 8.99. The summed E-state index contributed by atoms with van der Waals surface area (Å²) in [6.45, 7) is 0.567. The molecule has 1 atom stereocenters. The van der Waals surface area contributed by atoms with E-state index in [1.165, 1.54) is 35.2 Å². The van der Waals surface area contributed by atoms with Crippen molar-refractivity contribution in [2.45, 2.75) is 30.7 Å². The number of carbonyl (C=O) groups excluding carboxylic acids is 2. The Morgan fingerprint density at radius 1 is 0.977 bits per heavy atom. The van der Waals surface area contributed by atoms with E-state index in [2.05, 4.69) is 31.4 Å². The molecule has 1 unspecified atom stereocenters. The van der Waals surface area contributed by atoms with Crippen LogP contribution in [0.1, 0.15) is 45.5 Å². The summed E-state index contributed by atoms with van der Waals surface area (Å²) in [6.07, 6.45) is 1.93. The Hall–Kier alpha value is -4.55. The second-order valence-electron chi connectivity index (χ2n) is 9.98. The quantitative estimate of drug-likeness (QED) is 0.177. The van der Waals surface area contributed by atoms with E-state index in [0.717, 1.165) is 26.9 Å². The molecule has 2 aromatic heterocycles. The molecule has 12 heteroatoms. The van der Waals surface area contributed by atoms with E-state index in [1.54, 1.807) is 24.3 Å². The number of furan rings is 1. The lowest BCUT2D eigenvalue weighted by Gasteiger charge is -2.22. The summed E-state index contributed by atoms with van der Waals surface area (Å²) < 4.78 is 21.7. The average Bonchev–Trinajstić information content (AvgIpc) is 3.81. The van der Waals surface area contributed by atoms with Crippen LogP contribution in [-0.2, 0) is 17.9 Å². The summed E-state index contributed by atoms with van der Waals surface area (Å²) in [5, 5.41) is 18.2. The van der Waals surface area contributed by atoms with Crippen molar-refractivity contribution in [3.63, 3.8) is 0 Å². The van der Waals surface area contributed by atoms with Gasteiger partial charge in [-0.2, -0.15) is 5.10 Å². The molecular weight excluding hydrogens is 647 g/mol. The minimum atomic E-state index is -0.378. The third-order valence-corrected chi connectivity index (χ3v) is 8.53. The van der Waals surface area contributed by atoms with Gasteiger partial charge in [-0.25, -0.2) is 9.40 Å². The molecule has 1 aliphatic rings. The van der Waals surface area contributed by atoms with Crippen molar-refractivity contribution in [1.82, 2.24) is 25.1 Å². The molecule has 3 aromatic carbocycles. The van der Waals surface area contributed by atoms with Gasteiger partial charge in [0.15, 0.2) is 16.7 Å². The Labute approximate surface area is 265 Å². The normalized spacial score (nSPS) is 14.5. The maximum absolute atomic E-state index is 13.7. The zero-order valence-electron chi connectivity index (χ0n) is 23.3. The summed E-state index contributed by atoms with van der Waals surface area (Å²) in [7, 11) is 0. The van der Waals surface area contributed by atoms with E-state index < -0.39 is 0 Å². The standard InChI is InChI=1S/C32H26BrFN6O3S/c33-24-12-8-22(9-13-24)26-17-27(23-10-14-25(34)15-11-23)40(38-26)30(41)20-44-32-37-36-29(18-35-31(42)28-7-4-16-43-28)39(32)19-21-5-2-1-3-6-21/h1-16,27H,17-20H2,(H,35,42). The lowest BCUT2D eigenvalue weighted by atomic mass is 9.98. The molecule has 1 aliphatic heterocycles. The predicted molar refractivity (Wildman–Crippen MR) is 167 cm³/mol. The van der Waals surface area contributed by atoms with Crippen LogP contribution in [0.4, 0.5) is 4.39 Å². The highest BCUT2D eigenvalue weighted by Crippen LogP contribution is 2.34. The molecule has 0 saturated heterocycles. The van der Waals surface area contributed by atoms with Crippen molar-refractivity contribution in [1.29, 1.82) is 0 Å². The van der Waals surface area contributed by atoms with Crippen LogP contribution in [0.2, 0.25) is 0 Å². The third-order valence-electron chi connectivity index (χ3n) is 7.05. The zero-order valence-corrected chi connectivity index (χ0v) is 25.7. The molecule has 1 N–H and O–H groups in total. The Bertz CT molecular complexity index is 1780. The van der Waals surface area contributed by atoms with Crippen LogP contribution in [-0.4, -0.2) is 43.1 Å². The first kappa shape index (κ1) is 29.5. The summed E-state index contributed by atoms with van der Waals surface area (Å²) >= 11 is 4.70. The number of nitrogens with zero attached hydrogens (tertiary/aromatic N) is 5. The fourth-order valence-electron chi connectivity index (χ4n) is 4.83. The molecule has 5 aromatic rings. The maximum Gasteiger partial charge on any atom is 0.287 e. The largest absolute Gasteiger partial charge is 0.459 e. The highest BCUT2D eigenvalue weighted by atomic mass is 79.9. The highest BCUT2D eigenvalue weighted by molar-refractivity contribution is 9.10. The van der Waals surface area contributed by atoms with Gasteiger partial charge in [-0.3, -0.25) is 9.59 Å². The summed E-state index contributed by atoms with van der Waals surface area (Å²) in [5.74, 6) is -0.163. The number of hydrogen-bond acceptors (Lipinski definition) is 7. The van der Waals surface area contributed by atoms with E-state index in [1.807, 2.05) is 59.2 Å². The van der Waals surface area contributed by atoms with Gasteiger partial charge in [-0.05, 0) is 53.1 Å². The first-order valence-electron chi connectivity index (χ1n) is 13.8. The number of hydrazone groups is 1. The van der Waals surface area contributed by atoms with Gasteiger partial charge in [0.2, 0.25) is 0 Å². The second kappa shape index (κ2) is 13.4. The van der Waals surface area contributed by atoms with Crippen LogP contribution < -0.4 is 5.32 Å². The first-order valence-corrected chi connectivity index (χ1v) is 15.5. The van der Waals surface area contributed by atoms with Crippen LogP contribution >= 0.6 is 27.7 Å². The fourth-order valence-corrected chi connectivity index (χ4v) is 5.90. The Balaban J connectivity index is 1.22. The maximum atomic E-state index is 13.7. The number of hydrogen-bond donors (Lipinski definition) is 1. The average molecular weight is 674 g/mol. The third kappa shape index (κ3) is 6.81. The number of rotatable bonds is 10. The van der Waals surface area contributed by atoms with Gasteiger partial charge in [-0.1, -0.05) is 82.3 Å². The van der Waals surface area contributed by atoms with Gasteiger partial charge < -0.3 is 14.3 Å². The van der Waals surface area contributed by atoms with Gasteiger partial charge in [0.25, 0.3) is 11.8 Å².